The van der Waals surface area contributed by atoms with Crippen molar-refractivity contribution in [3.05, 3.63) is 34.8 Å². The number of benzene rings is 1. The maximum absolute atomic E-state index is 4.08. The molecule has 0 aliphatic heterocycles. The summed E-state index contributed by atoms with van der Waals surface area (Å²) < 4.78 is 0. The third-order valence-corrected chi connectivity index (χ3v) is 2.71. The Bertz CT molecular complexity index is 404. The first kappa shape index (κ1) is 15.8. The molecule has 17 heavy (non-hydrogen) atoms. The Hall–Kier alpha value is -1.22. The summed E-state index contributed by atoms with van der Waals surface area (Å²) >= 11 is 1.62. The molecule has 0 N–H and O–H groups in total. The van der Waals surface area contributed by atoms with Crippen LogP contribution < -0.4 is 0 Å². The second-order valence-corrected chi connectivity index (χ2v) is 4.17. The molecule has 0 aliphatic carbocycles. The summed E-state index contributed by atoms with van der Waals surface area (Å²) in [6.07, 6.45) is 0. The van der Waals surface area contributed by atoms with Gasteiger partial charge in [-0.05, 0) is 13.8 Å². The monoisotopic (exact) mass is 250 g/mol. The molecule has 0 fully saturated rings. The number of hydrogen-bond acceptors (Lipinski definition) is 3. The fraction of sp³-hybridized carbons (Fsp3) is 0.429. The highest BCUT2D eigenvalue weighted by molar-refractivity contribution is 7.14. The molecule has 0 unspecified atom stereocenters. The normalized spacial score (nSPS) is 8.59. The van der Waals surface area contributed by atoms with Gasteiger partial charge in [-0.15, -0.1) is 10.2 Å². The zero-order valence-electron chi connectivity index (χ0n) is 11.6. The summed E-state index contributed by atoms with van der Waals surface area (Å²) in [4.78, 5) is 0. The van der Waals surface area contributed by atoms with Crippen molar-refractivity contribution in [2.75, 3.05) is 0 Å². The molecule has 0 saturated carbocycles. The second kappa shape index (κ2) is 8.88. The van der Waals surface area contributed by atoms with Gasteiger partial charge in [0.15, 0.2) is 0 Å². The van der Waals surface area contributed by atoms with Crippen molar-refractivity contribution in [1.29, 1.82) is 0 Å². The Morgan fingerprint density at radius 3 is 1.76 bits per heavy atom. The van der Waals surface area contributed by atoms with E-state index in [1.807, 2.05) is 34.6 Å². The molecule has 0 bridgehead atoms. The van der Waals surface area contributed by atoms with Crippen LogP contribution in [0.25, 0.3) is 10.6 Å². The van der Waals surface area contributed by atoms with Gasteiger partial charge < -0.3 is 0 Å². The lowest BCUT2D eigenvalue weighted by atomic mass is 10.2. The number of aryl methyl sites for hydroxylation is 2. The van der Waals surface area contributed by atoms with Gasteiger partial charge in [0.25, 0.3) is 0 Å². The lowest BCUT2D eigenvalue weighted by Crippen LogP contribution is -1.77. The maximum atomic E-state index is 4.08. The first-order valence-corrected chi connectivity index (χ1v) is 6.94. The maximum Gasteiger partial charge on any atom is 0.147 e. The number of aromatic nitrogens is 2. The molecule has 1 aromatic carbocycles. The lowest BCUT2D eigenvalue weighted by Gasteiger charge is -1.94. The van der Waals surface area contributed by atoms with E-state index in [9.17, 15) is 0 Å². The number of hydrogen-bond donors (Lipinski definition) is 0. The third-order valence-electron chi connectivity index (χ3n) is 1.82. The summed E-state index contributed by atoms with van der Waals surface area (Å²) in [6, 6.07) is 8.34. The minimum absolute atomic E-state index is 0.998. The second-order valence-electron chi connectivity index (χ2n) is 2.99. The van der Waals surface area contributed by atoms with Gasteiger partial charge in [-0.2, -0.15) is 0 Å². The highest BCUT2D eigenvalue weighted by Gasteiger charge is 2.02. The Morgan fingerprint density at radius 2 is 1.35 bits per heavy atom. The van der Waals surface area contributed by atoms with Crippen LogP contribution in [0.2, 0.25) is 0 Å². The van der Waals surface area contributed by atoms with Gasteiger partial charge >= 0.3 is 0 Å². The fourth-order valence-corrected chi connectivity index (χ4v) is 1.81. The van der Waals surface area contributed by atoms with Crippen LogP contribution in [-0.2, 0) is 0 Å². The van der Waals surface area contributed by atoms with Crippen LogP contribution in [0, 0.1) is 13.8 Å². The van der Waals surface area contributed by atoms with E-state index in [-0.39, 0.29) is 0 Å². The zero-order chi connectivity index (χ0) is 13.3. The van der Waals surface area contributed by atoms with Crippen molar-refractivity contribution in [2.45, 2.75) is 41.5 Å². The van der Waals surface area contributed by atoms with E-state index in [1.165, 1.54) is 5.56 Å². The standard InChI is InChI=1S/C10H10N2S.2C2H6/c1-7-3-5-9(6-4-7)10-12-11-8(2)13-10;2*1-2/h3-6H,1-2H3;2*1-2H3. The molecule has 0 atom stereocenters. The molecule has 1 aromatic heterocycles. The van der Waals surface area contributed by atoms with Crippen LogP contribution in [-0.4, -0.2) is 10.2 Å². The van der Waals surface area contributed by atoms with Gasteiger partial charge in [0, 0.05) is 5.56 Å². The first-order valence-electron chi connectivity index (χ1n) is 6.13. The van der Waals surface area contributed by atoms with Crippen molar-refractivity contribution in [1.82, 2.24) is 10.2 Å². The highest BCUT2D eigenvalue weighted by Crippen LogP contribution is 2.22. The molecule has 0 amide bonds. The van der Waals surface area contributed by atoms with Crippen molar-refractivity contribution >= 4 is 11.3 Å². The molecule has 0 aliphatic rings. The van der Waals surface area contributed by atoms with Gasteiger partial charge in [0.1, 0.15) is 10.0 Å². The van der Waals surface area contributed by atoms with E-state index in [1.54, 1.807) is 11.3 Å². The van der Waals surface area contributed by atoms with E-state index in [0.29, 0.717) is 0 Å². The van der Waals surface area contributed by atoms with Gasteiger partial charge in [0.2, 0.25) is 0 Å². The third kappa shape index (κ3) is 5.09. The Labute approximate surface area is 109 Å². The van der Waals surface area contributed by atoms with Crippen molar-refractivity contribution in [3.8, 4) is 10.6 Å². The van der Waals surface area contributed by atoms with E-state index in [0.717, 1.165) is 15.6 Å². The van der Waals surface area contributed by atoms with Crippen molar-refractivity contribution < 1.29 is 0 Å². The quantitative estimate of drug-likeness (QED) is 0.721. The van der Waals surface area contributed by atoms with Crippen molar-refractivity contribution in [3.63, 3.8) is 0 Å². The predicted molar refractivity (Wildman–Crippen MR) is 77.5 cm³/mol. The number of rotatable bonds is 1. The van der Waals surface area contributed by atoms with E-state index in [4.69, 9.17) is 0 Å². The Kier molecular flexibility index (Phi) is 8.24. The summed E-state index contributed by atoms with van der Waals surface area (Å²) in [5.74, 6) is 0. The van der Waals surface area contributed by atoms with Crippen LogP contribution in [0.5, 0.6) is 0 Å². The van der Waals surface area contributed by atoms with Gasteiger partial charge in [-0.3, -0.25) is 0 Å². The molecule has 94 valence electrons. The summed E-state index contributed by atoms with van der Waals surface area (Å²) in [6.45, 7) is 12.0. The summed E-state index contributed by atoms with van der Waals surface area (Å²) in [7, 11) is 0. The molecule has 2 rings (SSSR count). The van der Waals surface area contributed by atoms with Crippen LogP contribution in [0.4, 0.5) is 0 Å². The molecule has 0 saturated heterocycles. The van der Waals surface area contributed by atoms with Gasteiger partial charge in [-0.1, -0.05) is 68.9 Å². The zero-order valence-corrected chi connectivity index (χ0v) is 12.4. The summed E-state index contributed by atoms with van der Waals surface area (Å²) in [5, 5.41) is 10.1. The van der Waals surface area contributed by atoms with E-state index < -0.39 is 0 Å². The lowest BCUT2D eigenvalue weighted by molar-refractivity contribution is 1.05. The highest BCUT2D eigenvalue weighted by atomic mass is 32.1. The molecular formula is C14H22N2S. The molecule has 3 heteroatoms. The van der Waals surface area contributed by atoms with Gasteiger partial charge in [0.05, 0.1) is 0 Å². The minimum Gasteiger partial charge on any atom is -0.143 e. The SMILES string of the molecule is CC.CC.Cc1ccc(-c2nnc(C)s2)cc1. The molecular weight excluding hydrogens is 228 g/mol. The van der Waals surface area contributed by atoms with E-state index in [2.05, 4.69) is 41.4 Å². The Balaban J connectivity index is 0.000000581. The fourth-order valence-electron chi connectivity index (χ4n) is 1.11. The van der Waals surface area contributed by atoms with Crippen LogP contribution in [0.1, 0.15) is 38.3 Å². The van der Waals surface area contributed by atoms with Crippen LogP contribution in [0.3, 0.4) is 0 Å². The minimum atomic E-state index is 0.998. The van der Waals surface area contributed by atoms with Crippen LogP contribution in [0.15, 0.2) is 24.3 Å². The molecule has 0 spiro atoms. The smallest absolute Gasteiger partial charge is 0.143 e. The molecule has 2 aromatic rings. The largest absolute Gasteiger partial charge is 0.147 e. The topological polar surface area (TPSA) is 25.8 Å². The summed E-state index contributed by atoms with van der Waals surface area (Å²) in [5.41, 5.74) is 2.42. The van der Waals surface area contributed by atoms with Crippen molar-refractivity contribution in [2.24, 2.45) is 0 Å². The number of nitrogens with zero attached hydrogens (tertiary/aromatic N) is 2. The first-order chi connectivity index (χ1) is 8.25. The average molecular weight is 250 g/mol. The predicted octanol–water partition coefficient (Wildman–Crippen LogP) is 4.87. The van der Waals surface area contributed by atoms with Crippen LogP contribution >= 0.6 is 11.3 Å². The Morgan fingerprint density at radius 1 is 0.824 bits per heavy atom. The average Bonchev–Trinajstić information content (AvgIpc) is 2.82. The van der Waals surface area contributed by atoms with E-state index >= 15 is 0 Å². The molecule has 2 nitrogen and oxygen atoms in total. The van der Waals surface area contributed by atoms with Gasteiger partial charge in [-0.25, -0.2) is 0 Å². The molecule has 0 radical (unpaired) electrons. The molecule has 1 heterocycles.